The van der Waals surface area contributed by atoms with Crippen LogP contribution in [-0.2, 0) is 0 Å². The fourth-order valence-electron chi connectivity index (χ4n) is 3.94. The largest absolute Gasteiger partial charge is 0.397 e. The lowest BCUT2D eigenvalue weighted by atomic mass is 10.1. The van der Waals surface area contributed by atoms with Gasteiger partial charge in [0, 0.05) is 22.5 Å². The summed E-state index contributed by atoms with van der Waals surface area (Å²) in [6.45, 7) is 0. The van der Waals surface area contributed by atoms with E-state index in [0.717, 1.165) is 15.0 Å². The lowest BCUT2D eigenvalue weighted by molar-refractivity contribution is 0.866. The molecule has 35 heavy (non-hydrogen) atoms. The Bertz CT molecular complexity index is 1710. The van der Waals surface area contributed by atoms with E-state index in [2.05, 4.69) is 9.97 Å². The average molecular weight is 505 g/mol. The van der Waals surface area contributed by atoms with Crippen LogP contribution < -0.4 is 27.8 Å². The lowest BCUT2D eigenvalue weighted by Gasteiger charge is -2.23. The highest BCUT2D eigenvalue weighted by atomic mass is 35.5. The number of aromatic amines is 1. The molecular formula is C25H18Cl2N6O2. The number of benzene rings is 3. The Hall–Kier alpha value is -4.11. The number of hydrogen-bond acceptors (Lipinski definition) is 6. The number of pyridine rings is 1. The van der Waals surface area contributed by atoms with Gasteiger partial charge in [0.1, 0.15) is 5.69 Å². The summed E-state index contributed by atoms with van der Waals surface area (Å²) in [6, 6.07) is 18.9. The molecule has 8 nitrogen and oxygen atoms in total. The zero-order valence-electron chi connectivity index (χ0n) is 18.1. The van der Waals surface area contributed by atoms with E-state index in [0.29, 0.717) is 33.0 Å². The quantitative estimate of drug-likeness (QED) is 0.186. The van der Waals surface area contributed by atoms with E-state index in [-0.39, 0.29) is 16.4 Å². The molecule has 0 amide bonds. The van der Waals surface area contributed by atoms with E-state index in [4.69, 9.17) is 34.8 Å². The molecule has 2 aromatic heterocycles. The van der Waals surface area contributed by atoms with Gasteiger partial charge in [-0.2, -0.15) is 0 Å². The fraction of sp³-hybridized carbons (Fsp3) is 0. The molecule has 0 aliphatic heterocycles. The molecule has 5 aromatic rings. The van der Waals surface area contributed by atoms with E-state index in [1.807, 2.05) is 18.2 Å². The molecule has 5 N–H and O–H groups in total. The van der Waals surface area contributed by atoms with Crippen molar-refractivity contribution in [2.45, 2.75) is 0 Å². The zero-order valence-corrected chi connectivity index (χ0v) is 19.6. The fourth-order valence-corrected chi connectivity index (χ4v) is 4.23. The summed E-state index contributed by atoms with van der Waals surface area (Å²) in [4.78, 5) is 34.4. The van der Waals surface area contributed by atoms with Crippen LogP contribution in [0, 0.1) is 0 Å². The minimum atomic E-state index is -0.674. The Kier molecular flexibility index (Phi) is 5.78. The summed E-state index contributed by atoms with van der Waals surface area (Å²) in [5.74, 6) is 6.48. The number of rotatable bonds is 4. The van der Waals surface area contributed by atoms with E-state index in [1.54, 1.807) is 54.7 Å². The number of para-hydroxylation sites is 2. The molecule has 0 radical (unpaired) electrons. The highest BCUT2D eigenvalue weighted by Crippen LogP contribution is 2.34. The number of fused-ring (bicyclic) bond motifs is 1. The molecule has 0 aliphatic rings. The molecule has 0 atom stereocenters. The van der Waals surface area contributed by atoms with E-state index >= 15 is 0 Å². The van der Waals surface area contributed by atoms with E-state index < -0.39 is 11.2 Å². The number of halogens is 2. The van der Waals surface area contributed by atoms with E-state index in [9.17, 15) is 9.59 Å². The number of aromatic nitrogens is 3. The number of hydrogen-bond donors (Lipinski definition) is 3. The van der Waals surface area contributed by atoms with Gasteiger partial charge < -0.3 is 10.7 Å². The third-order valence-electron chi connectivity index (χ3n) is 5.61. The standard InChI is InChI=1S/C25H18Cl2N6O2/c26-17-10-9-14(11-18(17)27)22-23(33(29)20-8-4-3-7-19(20)28)24(34)32(25(35)31-22)21-13-30-12-15-5-1-2-6-16(15)21/h1-13H,28-29H2,(H,31,35). The molecule has 174 valence electrons. The maximum Gasteiger partial charge on any atom is 0.333 e. The summed E-state index contributed by atoms with van der Waals surface area (Å²) in [7, 11) is 0. The van der Waals surface area contributed by atoms with Crippen molar-refractivity contribution in [2.24, 2.45) is 5.84 Å². The maximum atomic E-state index is 14.0. The smallest absolute Gasteiger partial charge is 0.333 e. The summed E-state index contributed by atoms with van der Waals surface area (Å²) < 4.78 is 1.00. The predicted molar refractivity (Wildman–Crippen MR) is 141 cm³/mol. The highest BCUT2D eigenvalue weighted by Gasteiger charge is 2.23. The van der Waals surface area contributed by atoms with Crippen LogP contribution in [0.4, 0.5) is 17.1 Å². The van der Waals surface area contributed by atoms with Crippen molar-refractivity contribution in [1.29, 1.82) is 0 Å². The molecule has 3 aromatic carbocycles. The first-order valence-electron chi connectivity index (χ1n) is 10.4. The van der Waals surface area contributed by atoms with Crippen LogP contribution in [0.3, 0.4) is 0 Å². The summed E-state index contributed by atoms with van der Waals surface area (Å²) in [6.07, 6.45) is 3.11. The minimum Gasteiger partial charge on any atom is -0.397 e. The van der Waals surface area contributed by atoms with Gasteiger partial charge in [0.2, 0.25) is 0 Å². The van der Waals surface area contributed by atoms with Gasteiger partial charge in [0.15, 0.2) is 0 Å². The van der Waals surface area contributed by atoms with Crippen LogP contribution in [0.25, 0.3) is 27.7 Å². The second-order valence-electron chi connectivity index (χ2n) is 7.73. The molecule has 2 heterocycles. The van der Waals surface area contributed by atoms with Gasteiger partial charge in [-0.1, -0.05) is 65.7 Å². The van der Waals surface area contributed by atoms with Crippen molar-refractivity contribution >= 4 is 51.0 Å². The molecule has 10 heteroatoms. The molecule has 0 saturated heterocycles. The lowest BCUT2D eigenvalue weighted by Crippen LogP contribution is -2.41. The Morgan fingerprint density at radius 2 is 1.66 bits per heavy atom. The van der Waals surface area contributed by atoms with Crippen molar-refractivity contribution in [3.05, 3.63) is 110 Å². The number of H-pyrrole nitrogens is 1. The summed E-state index contributed by atoms with van der Waals surface area (Å²) in [5.41, 5.74) is 6.42. The molecule has 0 fully saturated rings. The molecule has 0 unspecified atom stereocenters. The van der Waals surface area contributed by atoms with Crippen molar-refractivity contribution in [2.75, 3.05) is 10.7 Å². The van der Waals surface area contributed by atoms with Crippen molar-refractivity contribution in [3.63, 3.8) is 0 Å². The van der Waals surface area contributed by atoms with Crippen LogP contribution in [0.5, 0.6) is 0 Å². The number of anilines is 3. The molecular weight excluding hydrogens is 487 g/mol. The van der Waals surface area contributed by atoms with Crippen LogP contribution in [-0.4, -0.2) is 14.5 Å². The van der Waals surface area contributed by atoms with Crippen molar-refractivity contribution < 1.29 is 0 Å². The van der Waals surface area contributed by atoms with Crippen LogP contribution >= 0.6 is 23.2 Å². The molecule has 0 saturated carbocycles. The molecule has 0 aliphatic carbocycles. The number of nitrogens with two attached hydrogens (primary N) is 2. The molecule has 5 rings (SSSR count). The van der Waals surface area contributed by atoms with Gasteiger partial charge in [-0.05, 0) is 24.3 Å². The number of nitrogens with one attached hydrogen (secondary N) is 1. The first-order valence-corrected chi connectivity index (χ1v) is 11.2. The number of hydrazine groups is 1. The maximum absolute atomic E-state index is 14.0. The second-order valence-corrected chi connectivity index (χ2v) is 8.55. The average Bonchev–Trinajstić information content (AvgIpc) is 2.85. The van der Waals surface area contributed by atoms with Crippen LogP contribution in [0.2, 0.25) is 10.0 Å². The van der Waals surface area contributed by atoms with Crippen molar-refractivity contribution in [3.8, 4) is 16.9 Å². The topological polar surface area (TPSA) is 123 Å². The highest BCUT2D eigenvalue weighted by molar-refractivity contribution is 6.42. The predicted octanol–water partition coefficient (Wildman–Crippen LogP) is 4.64. The van der Waals surface area contributed by atoms with Crippen LogP contribution in [0.1, 0.15) is 0 Å². The van der Waals surface area contributed by atoms with Crippen LogP contribution in [0.15, 0.2) is 88.7 Å². The second kappa shape index (κ2) is 8.92. The Morgan fingerprint density at radius 3 is 2.43 bits per heavy atom. The first kappa shape index (κ1) is 22.7. The summed E-state index contributed by atoms with van der Waals surface area (Å²) in [5, 5.41) is 3.17. The SMILES string of the molecule is Nc1ccccc1N(N)c1c(-c2ccc(Cl)c(Cl)c2)[nH]c(=O)n(-c2cncc3ccccc23)c1=O. The Morgan fingerprint density at radius 1 is 0.914 bits per heavy atom. The van der Waals surface area contributed by atoms with Gasteiger partial charge in [0.05, 0.1) is 39.0 Å². The number of nitrogen functional groups attached to an aromatic ring is 1. The van der Waals surface area contributed by atoms with Gasteiger partial charge in [-0.25, -0.2) is 15.2 Å². The van der Waals surface area contributed by atoms with E-state index in [1.165, 1.54) is 6.20 Å². The normalized spacial score (nSPS) is 11.1. The molecule has 0 bridgehead atoms. The minimum absolute atomic E-state index is 0.0196. The third kappa shape index (κ3) is 3.93. The zero-order chi connectivity index (χ0) is 24.7. The van der Waals surface area contributed by atoms with Gasteiger partial charge in [-0.15, -0.1) is 0 Å². The first-order chi connectivity index (χ1) is 16.9. The molecule has 0 spiro atoms. The monoisotopic (exact) mass is 504 g/mol. The third-order valence-corrected chi connectivity index (χ3v) is 6.35. The Labute approximate surface area is 208 Å². The number of nitrogens with zero attached hydrogens (tertiary/aromatic N) is 3. The Balaban J connectivity index is 1.86. The van der Waals surface area contributed by atoms with Gasteiger partial charge in [0.25, 0.3) is 5.56 Å². The summed E-state index contributed by atoms with van der Waals surface area (Å²) >= 11 is 12.3. The van der Waals surface area contributed by atoms with Gasteiger partial charge in [-0.3, -0.25) is 14.8 Å². The van der Waals surface area contributed by atoms with Crippen molar-refractivity contribution in [1.82, 2.24) is 14.5 Å². The van der Waals surface area contributed by atoms with Gasteiger partial charge >= 0.3 is 5.69 Å².